The van der Waals surface area contributed by atoms with Crippen LogP contribution in [0.2, 0.25) is 0 Å². The van der Waals surface area contributed by atoms with Crippen LogP contribution in [0.5, 0.6) is 0 Å². The SMILES string of the molecule is CCCCCCCC(NC)C1C2CCc3ccccc3C21. The average Bonchev–Trinajstić information content (AvgIpc) is 3.26. The summed E-state index contributed by atoms with van der Waals surface area (Å²) in [5, 5.41) is 3.64. The molecule has 4 unspecified atom stereocenters. The monoisotopic (exact) mass is 285 g/mol. The zero-order valence-electron chi connectivity index (χ0n) is 13.8. The lowest BCUT2D eigenvalue weighted by Crippen LogP contribution is -2.28. The highest BCUT2D eigenvalue weighted by molar-refractivity contribution is 5.40. The molecule has 1 aromatic carbocycles. The average molecular weight is 285 g/mol. The molecule has 2 aliphatic rings. The van der Waals surface area contributed by atoms with Gasteiger partial charge in [-0.2, -0.15) is 0 Å². The molecule has 1 N–H and O–H groups in total. The molecule has 21 heavy (non-hydrogen) atoms. The molecule has 3 rings (SSSR count). The Kier molecular flexibility index (Phi) is 5.00. The third kappa shape index (κ3) is 3.18. The molecule has 0 bridgehead atoms. The van der Waals surface area contributed by atoms with E-state index < -0.39 is 0 Å². The summed E-state index contributed by atoms with van der Waals surface area (Å²) in [6.07, 6.45) is 11.1. The molecule has 116 valence electrons. The molecule has 0 radical (unpaired) electrons. The van der Waals surface area contributed by atoms with Crippen molar-refractivity contribution in [1.29, 1.82) is 0 Å². The number of unbranched alkanes of at least 4 members (excludes halogenated alkanes) is 4. The molecule has 2 aliphatic carbocycles. The van der Waals surface area contributed by atoms with Crippen LogP contribution in [0.15, 0.2) is 24.3 Å². The fourth-order valence-corrected chi connectivity index (χ4v) is 4.67. The highest BCUT2D eigenvalue weighted by Gasteiger charge is 2.55. The molecule has 1 aromatic rings. The van der Waals surface area contributed by atoms with Gasteiger partial charge < -0.3 is 5.32 Å². The summed E-state index contributed by atoms with van der Waals surface area (Å²) >= 11 is 0. The number of fused-ring (bicyclic) bond motifs is 3. The van der Waals surface area contributed by atoms with E-state index in [4.69, 9.17) is 0 Å². The first-order chi connectivity index (χ1) is 10.4. The second-order valence-electron chi connectivity index (χ2n) is 7.10. The third-order valence-electron chi connectivity index (χ3n) is 5.84. The molecule has 0 saturated heterocycles. The minimum atomic E-state index is 0.743. The molecular weight excluding hydrogens is 254 g/mol. The zero-order chi connectivity index (χ0) is 14.7. The van der Waals surface area contributed by atoms with Gasteiger partial charge in [-0.3, -0.25) is 0 Å². The Bertz CT molecular complexity index is 453. The van der Waals surface area contributed by atoms with E-state index in [0.29, 0.717) is 0 Å². The number of rotatable bonds is 8. The number of nitrogens with one attached hydrogen (secondary N) is 1. The lowest BCUT2D eigenvalue weighted by Gasteiger charge is -2.16. The van der Waals surface area contributed by atoms with E-state index in [9.17, 15) is 0 Å². The summed E-state index contributed by atoms with van der Waals surface area (Å²) in [7, 11) is 2.17. The van der Waals surface area contributed by atoms with Crippen molar-refractivity contribution in [2.24, 2.45) is 11.8 Å². The van der Waals surface area contributed by atoms with Gasteiger partial charge in [0, 0.05) is 6.04 Å². The maximum absolute atomic E-state index is 3.64. The molecule has 1 fully saturated rings. The van der Waals surface area contributed by atoms with Crippen molar-refractivity contribution in [2.45, 2.75) is 70.3 Å². The Morgan fingerprint density at radius 2 is 1.95 bits per heavy atom. The van der Waals surface area contributed by atoms with E-state index in [1.165, 1.54) is 51.4 Å². The molecule has 0 heterocycles. The molecule has 0 spiro atoms. The van der Waals surface area contributed by atoms with Crippen LogP contribution in [0.4, 0.5) is 0 Å². The Balaban J connectivity index is 1.55. The number of hydrogen-bond donors (Lipinski definition) is 1. The summed E-state index contributed by atoms with van der Waals surface area (Å²) in [6, 6.07) is 9.92. The predicted molar refractivity (Wildman–Crippen MR) is 90.7 cm³/mol. The van der Waals surface area contributed by atoms with Crippen molar-refractivity contribution in [1.82, 2.24) is 5.32 Å². The van der Waals surface area contributed by atoms with Gasteiger partial charge in [0.2, 0.25) is 0 Å². The van der Waals surface area contributed by atoms with E-state index in [1.54, 1.807) is 11.1 Å². The zero-order valence-corrected chi connectivity index (χ0v) is 13.8. The van der Waals surface area contributed by atoms with Crippen molar-refractivity contribution in [3.63, 3.8) is 0 Å². The van der Waals surface area contributed by atoms with Crippen molar-refractivity contribution < 1.29 is 0 Å². The number of hydrogen-bond acceptors (Lipinski definition) is 1. The normalized spacial score (nSPS) is 27.8. The Morgan fingerprint density at radius 3 is 2.76 bits per heavy atom. The van der Waals surface area contributed by atoms with E-state index in [0.717, 1.165) is 23.8 Å². The first kappa shape index (κ1) is 15.1. The Labute approximate surface area is 130 Å². The van der Waals surface area contributed by atoms with Crippen LogP contribution in [0.1, 0.15) is 68.9 Å². The van der Waals surface area contributed by atoms with Gasteiger partial charge in [0.15, 0.2) is 0 Å². The van der Waals surface area contributed by atoms with Crippen molar-refractivity contribution in [2.75, 3.05) is 7.05 Å². The Morgan fingerprint density at radius 1 is 1.14 bits per heavy atom. The quantitative estimate of drug-likeness (QED) is 0.669. The number of aryl methyl sites for hydroxylation is 1. The lowest BCUT2D eigenvalue weighted by molar-refractivity contribution is 0.418. The van der Waals surface area contributed by atoms with E-state index in [1.807, 2.05) is 0 Å². The van der Waals surface area contributed by atoms with Gasteiger partial charge in [0.1, 0.15) is 0 Å². The summed E-state index contributed by atoms with van der Waals surface area (Å²) in [5.74, 6) is 2.74. The van der Waals surface area contributed by atoms with Gasteiger partial charge in [-0.05, 0) is 55.2 Å². The van der Waals surface area contributed by atoms with Gasteiger partial charge in [-0.15, -0.1) is 0 Å². The summed E-state index contributed by atoms with van der Waals surface area (Å²) in [6.45, 7) is 2.29. The second kappa shape index (κ2) is 6.96. The summed E-state index contributed by atoms with van der Waals surface area (Å²) in [4.78, 5) is 0. The van der Waals surface area contributed by atoms with Crippen LogP contribution in [0.25, 0.3) is 0 Å². The third-order valence-corrected chi connectivity index (χ3v) is 5.84. The molecule has 1 heteroatoms. The smallest absolute Gasteiger partial charge is 0.0101 e. The van der Waals surface area contributed by atoms with Crippen LogP contribution in [-0.4, -0.2) is 13.1 Å². The summed E-state index contributed by atoms with van der Waals surface area (Å²) in [5.41, 5.74) is 3.30. The van der Waals surface area contributed by atoms with E-state index in [-0.39, 0.29) is 0 Å². The molecule has 1 nitrogen and oxygen atoms in total. The van der Waals surface area contributed by atoms with E-state index >= 15 is 0 Å². The van der Waals surface area contributed by atoms with Crippen molar-refractivity contribution in [3.05, 3.63) is 35.4 Å². The van der Waals surface area contributed by atoms with Crippen LogP contribution in [-0.2, 0) is 6.42 Å². The standard InChI is InChI=1S/C20H31N/c1-3-4-5-6-7-12-18(21-2)20-17-14-13-15-10-8-9-11-16(15)19(17)20/h8-11,17-21H,3-7,12-14H2,1-2H3. The van der Waals surface area contributed by atoms with Crippen LogP contribution < -0.4 is 5.32 Å². The molecule has 4 atom stereocenters. The first-order valence-corrected chi connectivity index (χ1v) is 9.12. The van der Waals surface area contributed by atoms with Crippen molar-refractivity contribution in [3.8, 4) is 0 Å². The fourth-order valence-electron chi connectivity index (χ4n) is 4.67. The largest absolute Gasteiger partial charge is 0.317 e. The van der Waals surface area contributed by atoms with Crippen molar-refractivity contribution >= 4 is 0 Å². The fraction of sp³-hybridized carbons (Fsp3) is 0.700. The molecule has 0 aliphatic heterocycles. The maximum atomic E-state index is 3.64. The summed E-state index contributed by atoms with van der Waals surface area (Å²) < 4.78 is 0. The van der Waals surface area contributed by atoms with Gasteiger partial charge in [0.25, 0.3) is 0 Å². The lowest BCUT2D eigenvalue weighted by atomic mass is 9.92. The molecular formula is C20H31N. The van der Waals surface area contributed by atoms with Crippen LogP contribution in [0.3, 0.4) is 0 Å². The van der Waals surface area contributed by atoms with Gasteiger partial charge in [-0.25, -0.2) is 0 Å². The first-order valence-electron chi connectivity index (χ1n) is 9.12. The second-order valence-corrected chi connectivity index (χ2v) is 7.10. The molecule has 0 amide bonds. The molecule has 0 aromatic heterocycles. The molecule has 1 saturated carbocycles. The number of benzene rings is 1. The Hall–Kier alpha value is -0.820. The highest BCUT2D eigenvalue weighted by Crippen LogP contribution is 2.61. The topological polar surface area (TPSA) is 12.0 Å². The predicted octanol–water partition coefficient (Wildman–Crippen LogP) is 4.91. The highest BCUT2D eigenvalue weighted by atomic mass is 14.9. The van der Waals surface area contributed by atoms with Gasteiger partial charge >= 0.3 is 0 Å². The van der Waals surface area contributed by atoms with Gasteiger partial charge in [-0.1, -0.05) is 63.3 Å². The van der Waals surface area contributed by atoms with E-state index in [2.05, 4.69) is 43.6 Å². The minimum Gasteiger partial charge on any atom is -0.317 e. The van der Waals surface area contributed by atoms with Crippen LogP contribution >= 0.6 is 0 Å². The minimum absolute atomic E-state index is 0.743. The maximum Gasteiger partial charge on any atom is 0.0101 e. The van der Waals surface area contributed by atoms with Crippen LogP contribution in [0, 0.1) is 11.8 Å². The van der Waals surface area contributed by atoms with Gasteiger partial charge in [0.05, 0.1) is 0 Å².